The summed E-state index contributed by atoms with van der Waals surface area (Å²) in [5.74, 6) is 0. The zero-order valence-corrected chi connectivity index (χ0v) is 9.34. The van der Waals surface area contributed by atoms with Gasteiger partial charge < -0.3 is 10.3 Å². The number of pyridine rings is 1. The van der Waals surface area contributed by atoms with Crippen LogP contribution in [0.15, 0.2) is 16.9 Å². The first-order valence-electron chi connectivity index (χ1n) is 5.62. The number of fused-ring (bicyclic) bond motifs is 1. The van der Waals surface area contributed by atoms with E-state index in [1.54, 1.807) is 6.07 Å². The van der Waals surface area contributed by atoms with Gasteiger partial charge in [-0.05, 0) is 24.8 Å². The van der Waals surface area contributed by atoms with E-state index >= 15 is 0 Å². The Bertz CT molecular complexity index is 395. The van der Waals surface area contributed by atoms with Gasteiger partial charge in [-0.15, -0.1) is 0 Å². The molecule has 1 atom stereocenters. The second-order valence-corrected chi connectivity index (χ2v) is 4.59. The van der Waals surface area contributed by atoms with E-state index in [0.717, 1.165) is 25.0 Å². The number of aromatic nitrogens is 1. The number of H-pyrrole nitrogens is 1. The quantitative estimate of drug-likeness (QED) is 0.764. The molecule has 1 aromatic rings. The lowest BCUT2D eigenvalue weighted by atomic mass is 9.91. The van der Waals surface area contributed by atoms with Crippen LogP contribution < -0.4 is 10.9 Å². The molecular weight excluding hydrogens is 188 g/mol. The first-order valence-corrected chi connectivity index (χ1v) is 5.62. The summed E-state index contributed by atoms with van der Waals surface area (Å²) < 4.78 is 0. The van der Waals surface area contributed by atoms with Gasteiger partial charge >= 0.3 is 0 Å². The zero-order valence-electron chi connectivity index (χ0n) is 9.34. The van der Waals surface area contributed by atoms with Gasteiger partial charge in [0.2, 0.25) is 5.56 Å². The van der Waals surface area contributed by atoms with E-state index in [-0.39, 0.29) is 5.56 Å². The van der Waals surface area contributed by atoms with Crippen molar-refractivity contribution in [3.63, 3.8) is 0 Å². The average molecular weight is 206 g/mol. The second-order valence-electron chi connectivity index (χ2n) is 4.59. The molecule has 0 aromatic carbocycles. The molecule has 0 saturated heterocycles. The first kappa shape index (κ1) is 10.4. The highest BCUT2D eigenvalue weighted by atomic mass is 16.1. The number of hydrogen-bond donors (Lipinski definition) is 2. The Morgan fingerprint density at radius 1 is 1.47 bits per heavy atom. The van der Waals surface area contributed by atoms with Crippen molar-refractivity contribution in [2.75, 3.05) is 0 Å². The van der Waals surface area contributed by atoms with E-state index < -0.39 is 0 Å². The normalized spacial score (nSPS) is 20.3. The lowest BCUT2D eigenvalue weighted by Crippen LogP contribution is -2.39. The Morgan fingerprint density at radius 2 is 2.27 bits per heavy atom. The van der Waals surface area contributed by atoms with Gasteiger partial charge in [0.1, 0.15) is 0 Å². The number of aryl methyl sites for hydroxylation is 1. The van der Waals surface area contributed by atoms with E-state index in [1.807, 2.05) is 6.07 Å². The van der Waals surface area contributed by atoms with Crippen molar-refractivity contribution >= 4 is 0 Å². The van der Waals surface area contributed by atoms with Crippen molar-refractivity contribution in [3.05, 3.63) is 33.7 Å². The fraction of sp³-hybridized carbons (Fsp3) is 0.583. The Balaban J connectivity index is 2.13. The average Bonchev–Trinajstić information content (AvgIpc) is 2.17. The van der Waals surface area contributed by atoms with Crippen LogP contribution in [0.3, 0.4) is 0 Å². The van der Waals surface area contributed by atoms with Crippen LogP contribution in [0.25, 0.3) is 0 Å². The van der Waals surface area contributed by atoms with Crippen molar-refractivity contribution in [2.45, 2.75) is 45.2 Å². The van der Waals surface area contributed by atoms with Gasteiger partial charge in [0.25, 0.3) is 0 Å². The van der Waals surface area contributed by atoms with Gasteiger partial charge in [0.05, 0.1) is 0 Å². The summed E-state index contributed by atoms with van der Waals surface area (Å²) in [4.78, 5) is 14.0. The van der Waals surface area contributed by atoms with Crippen LogP contribution in [0.2, 0.25) is 0 Å². The Labute approximate surface area is 89.9 Å². The van der Waals surface area contributed by atoms with E-state index in [2.05, 4.69) is 24.1 Å². The smallest absolute Gasteiger partial charge is 0.248 e. The summed E-state index contributed by atoms with van der Waals surface area (Å²) in [7, 11) is 0. The number of hydrogen-bond acceptors (Lipinski definition) is 2. The highest BCUT2D eigenvalue weighted by molar-refractivity contribution is 5.23. The topological polar surface area (TPSA) is 44.9 Å². The molecule has 3 heteroatoms. The van der Waals surface area contributed by atoms with Crippen molar-refractivity contribution < 1.29 is 0 Å². The maximum atomic E-state index is 11.1. The summed E-state index contributed by atoms with van der Waals surface area (Å²) in [5, 5.41) is 3.55. The number of nitrogens with one attached hydrogen (secondary N) is 2. The minimum absolute atomic E-state index is 0.0176. The van der Waals surface area contributed by atoms with Crippen LogP contribution >= 0.6 is 0 Å². The molecule has 82 valence electrons. The number of aromatic amines is 1. The molecule has 15 heavy (non-hydrogen) atoms. The molecule has 2 rings (SSSR count). The summed E-state index contributed by atoms with van der Waals surface area (Å²) in [5.41, 5.74) is 2.44. The van der Waals surface area contributed by atoms with E-state index in [1.165, 1.54) is 5.56 Å². The van der Waals surface area contributed by atoms with Crippen LogP contribution in [0.1, 0.15) is 31.5 Å². The molecule has 3 nitrogen and oxygen atoms in total. The first-order chi connectivity index (χ1) is 7.15. The van der Waals surface area contributed by atoms with Gasteiger partial charge in [-0.25, -0.2) is 0 Å². The van der Waals surface area contributed by atoms with Gasteiger partial charge in [-0.2, -0.15) is 0 Å². The third-order valence-electron chi connectivity index (χ3n) is 2.88. The molecule has 1 aliphatic carbocycles. The summed E-state index contributed by atoms with van der Waals surface area (Å²) in [6.45, 7) is 4.34. The highest BCUT2D eigenvalue weighted by Gasteiger charge is 2.19. The van der Waals surface area contributed by atoms with Gasteiger partial charge in [-0.1, -0.05) is 19.9 Å². The molecule has 2 N–H and O–H groups in total. The SMILES string of the molecule is CC(C)N[C@@H]1CCc2[nH]c(=O)ccc2C1. The molecule has 0 bridgehead atoms. The molecule has 0 saturated carbocycles. The van der Waals surface area contributed by atoms with Crippen molar-refractivity contribution in [2.24, 2.45) is 0 Å². The molecule has 0 fully saturated rings. The molecule has 0 unspecified atom stereocenters. The van der Waals surface area contributed by atoms with Crippen LogP contribution in [0, 0.1) is 0 Å². The minimum atomic E-state index is 0.0176. The van der Waals surface area contributed by atoms with E-state index in [0.29, 0.717) is 12.1 Å². The number of rotatable bonds is 2. The standard InChI is InChI=1S/C12H18N2O/c1-8(2)13-10-4-5-11-9(7-10)3-6-12(15)14-11/h3,6,8,10,13H,4-5,7H2,1-2H3,(H,14,15)/t10-/m1/s1. The molecule has 1 aliphatic rings. The Morgan fingerprint density at radius 3 is 3.00 bits per heavy atom. The lowest BCUT2D eigenvalue weighted by molar-refractivity contribution is 0.418. The molecule has 1 aromatic heterocycles. The minimum Gasteiger partial charge on any atom is -0.326 e. The lowest BCUT2D eigenvalue weighted by Gasteiger charge is -2.26. The Hall–Kier alpha value is -1.09. The van der Waals surface area contributed by atoms with Gasteiger partial charge in [0.15, 0.2) is 0 Å². The van der Waals surface area contributed by atoms with Crippen molar-refractivity contribution in [1.29, 1.82) is 0 Å². The molecule has 0 radical (unpaired) electrons. The second kappa shape index (κ2) is 4.19. The van der Waals surface area contributed by atoms with Crippen LogP contribution in [-0.4, -0.2) is 17.1 Å². The van der Waals surface area contributed by atoms with Crippen LogP contribution in [0.5, 0.6) is 0 Å². The molecule has 1 heterocycles. The predicted octanol–water partition coefficient (Wildman–Crippen LogP) is 1.23. The van der Waals surface area contributed by atoms with Gasteiger partial charge in [0, 0.05) is 23.8 Å². The van der Waals surface area contributed by atoms with Crippen molar-refractivity contribution in [1.82, 2.24) is 10.3 Å². The maximum absolute atomic E-state index is 11.1. The molecule has 0 aliphatic heterocycles. The predicted molar refractivity (Wildman–Crippen MR) is 61.1 cm³/mol. The maximum Gasteiger partial charge on any atom is 0.248 e. The third kappa shape index (κ3) is 2.48. The highest BCUT2D eigenvalue weighted by Crippen LogP contribution is 2.18. The Kier molecular flexibility index (Phi) is 2.91. The summed E-state index contributed by atoms with van der Waals surface area (Å²) in [6, 6.07) is 4.67. The fourth-order valence-corrected chi connectivity index (χ4v) is 2.26. The van der Waals surface area contributed by atoms with Crippen LogP contribution in [-0.2, 0) is 12.8 Å². The molecule has 0 amide bonds. The largest absolute Gasteiger partial charge is 0.326 e. The van der Waals surface area contributed by atoms with Gasteiger partial charge in [-0.3, -0.25) is 4.79 Å². The zero-order chi connectivity index (χ0) is 10.8. The summed E-state index contributed by atoms with van der Waals surface area (Å²) >= 11 is 0. The van der Waals surface area contributed by atoms with E-state index in [4.69, 9.17) is 0 Å². The third-order valence-corrected chi connectivity index (χ3v) is 2.88. The fourth-order valence-electron chi connectivity index (χ4n) is 2.26. The molecular formula is C12H18N2O. The van der Waals surface area contributed by atoms with E-state index in [9.17, 15) is 4.79 Å². The molecule has 0 spiro atoms. The van der Waals surface area contributed by atoms with Crippen molar-refractivity contribution in [3.8, 4) is 0 Å². The monoisotopic (exact) mass is 206 g/mol. The van der Waals surface area contributed by atoms with Crippen LogP contribution in [0.4, 0.5) is 0 Å². The summed E-state index contributed by atoms with van der Waals surface area (Å²) in [6.07, 6.45) is 3.13.